The molecular weight excluding hydrogens is 303 g/mol. The minimum absolute atomic E-state index is 0.240. The highest BCUT2D eigenvalue weighted by Crippen LogP contribution is 2.36. The van der Waals surface area contributed by atoms with E-state index in [4.69, 9.17) is 0 Å². The van der Waals surface area contributed by atoms with Crippen LogP contribution in [0.4, 0.5) is 15.9 Å². The predicted octanol–water partition coefficient (Wildman–Crippen LogP) is 3.70. The maximum absolute atomic E-state index is 13.5. The molecular formula is C19H17FN4. The average molecular weight is 320 g/mol. The third-order valence-corrected chi connectivity index (χ3v) is 4.17. The Morgan fingerprint density at radius 3 is 2.75 bits per heavy atom. The number of anilines is 2. The molecule has 24 heavy (non-hydrogen) atoms. The van der Waals surface area contributed by atoms with E-state index in [1.807, 2.05) is 31.3 Å². The van der Waals surface area contributed by atoms with Gasteiger partial charge in [-0.2, -0.15) is 0 Å². The molecule has 1 aliphatic heterocycles. The van der Waals surface area contributed by atoms with Gasteiger partial charge in [0, 0.05) is 25.0 Å². The Balaban J connectivity index is 1.70. The van der Waals surface area contributed by atoms with Crippen molar-refractivity contribution in [3.05, 3.63) is 72.4 Å². The Labute approximate surface area is 140 Å². The molecule has 5 heteroatoms. The smallest absolute Gasteiger partial charge is 0.153 e. The van der Waals surface area contributed by atoms with Crippen LogP contribution in [0.25, 0.3) is 11.1 Å². The van der Waals surface area contributed by atoms with Crippen molar-refractivity contribution in [1.29, 1.82) is 0 Å². The highest BCUT2D eigenvalue weighted by atomic mass is 19.1. The van der Waals surface area contributed by atoms with Gasteiger partial charge in [0.15, 0.2) is 5.82 Å². The van der Waals surface area contributed by atoms with Crippen LogP contribution in [0.2, 0.25) is 0 Å². The van der Waals surface area contributed by atoms with Crippen molar-refractivity contribution in [2.45, 2.75) is 6.54 Å². The summed E-state index contributed by atoms with van der Waals surface area (Å²) in [6, 6.07) is 14.6. The van der Waals surface area contributed by atoms with Crippen molar-refractivity contribution in [1.82, 2.24) is 9.97 Å². The Hall–Kier alpha value is -2.95. The first-order chi connectivity index (χ1) is 11.7. The average Bonchev–Trinajstić information content (AvgIpc) is 2.91. The predicted molar refractivity (Wildman–Crippen MR) is 93.3 cm³/mol. The van der Waals surface area contributed by atoms with Crippen molar-refractivity contribution in [3.8, 4) is 11.1 Å². The van der Waals surface area contributed by atoms with E-state index < -0.39 is 0 Å². The highest BCUT2D eigenvalue weighted by molar-refractivity contribution is 5.78. The fraction of sp³-hybridized carbons (Fsp3) is 0.158. The number of hydrogen-bond donors (Lipinski definition) is 0. The Morgan fingerprint density at radius 1 is 1.04 bits per heavy atom. The second-order valence-corrected chi connectivity index (χ2v) is 5.94. The van der Waals surface area contributed by atoms with Crippen molar-refractivity contribution < 1.29 is 4.39 Å². The number of benzene rings is 1. The van der Waals surface area contributed by atoms with Crippen LogP contribution in [-0.2, 0) is 6.54 Å². The van der Waals surface area contributed by atoms with Gasteiger partial charge < -0.3 is 9.80 Å². The fourth-order valence-corrected chi connectivity index (χ4v) is 3.02. The quantitative estimate of drug-likeness (QED) is 0.736. The molecule has 0 saturated heterocycles. The van der Waals surface area contributed by atoms with E-state index in [1.165, 1.54) is 12.1 Å². The summed E-state index contributed by atoms with van der Waals surface area (Å²) in [5, 5.41) is 0. The molecule has 1 aliphatic rings. The summed E-state index contributed by atoms with van der Waals surface area (Å²) in [6.07, 6.45) is 3.60. The first-order valence-corrected chi connectivity index (χ1v) is 7.83. The molecule has 0 aliphatic carbocycles. The van der Waals surface area contributed by atoms with Gasteiger partial charge in [-0.15, -0.1) is 0 Å². The standard InChI is InChI=1S/C19H17FN4/c1-23-13-24(12-17-7-2-3-8-21-17)18-10-15(11-22-19(18)23)14-5-4-6-16(20)9-14/h2-11H,12-13H2,1H3. The van der Waals surface area contributed by atoms with Gasteiger partial charge in [-0.3, -0.25) is 4.98 Å². The molecule has 2 aromatic heterocycles. The van der Waals surface area contributed by atoms with E-state index in [0.717, 1.165) is 35.0 Å². The van der Waals surface area contributed by atoms with Crippen LogP contribution in [-0.4, -0.2) is 23.7 Å². The summed E-state index contributed by atoms with van der Waals surface area (Å²) in [7, 11) is 2.02. The number of aromatic nitrogens is 2. The van der Waals surface area contributed by atoms with E-state index in [0.29, 0.717) is 6.54 Å². The number of nitrogens with zero attached hydrogens (tertiary/aromatic N) is 4. The van der Waals surface area contributed by atoms with Crippen molar-refractivity contribution in [2.75, 3.05) is 23.5 Å². The lowest BCUT2D eigenvalue weighted by Gasteiger charge is -2.18. The molecule has 0 saturated carbocycles. The van der Waals surface area contributed by atoms with Crippen molar-refractivity contribution >= 4 is 11.5 Å². The van der Waals surface area contributed by atoms with Gasteiger partial charge >= 0.3 is 0 Å². The summed E-state index contributed by atoms with van der Waals surface area (Å²) in [5.41, 5.74) is 3.80. The molecule has 1 aromatic carbocycles. The van der Waals surface area contributed by atoms with Crippen LogP contribution < -0.4 is 9.80 Å². The largest absolute Gasteiger partial charge is 0.345 e. The van der Waals surface area contributed by atoms with Gasteiger partial charge in [0.05, 0.1) is 24.6 Å². The second-order valence-electron chi connectivity index (χ2n) is 5.94. The number of rotatable bonds is 3. The molecule has 120 valence electrons. The lowest BCUT2D eigenvalue weighted by molar-refractivity contribution is 0.628. The van der Waals surface area contributed by atoms with Gasteiger partial charge in [-0.05, 0) is 35.9 Å². The van der Waals surface area contributed by atoms with E-state index in [2.05, 4.69) is 25.8 Å². The number of fused-ring (bicyclic) bond motifs is 1. The first kappa shape index (κ1) is 14.6. The Morgan fingerprint density at radius 2 is 1.96 bits per heavy atom. The molecule has 0 atom stereocenters. The summed E-state index contributed by atoms with van der Waals surface area (Å²) in [5.74, 6) is 0.696. The number of pyridine rings is 2. The zero-order valence-corrected chi connectivity index (χ0v) is 13.4. The normalized spacial score (nSPS) is 13.2. The topological polar surface area (TPSA) is 32.3 Å². The maximum Gasteiger partial charge on any atom is 0.153 e. The molecule has 3 heterocycles. The molecule has 0 N–H and O–H groups in total. The van der Waals surface area contributed by atoms with Crippen LogP contribution in [0, 0.1) is 5.82 Å². The van der Waals surface area contributed by atoms with Crippen LogP contribution >= 0.6 is 0 Å². The lowest BCUT2D eigenvalue weighted by Crippen LogP contribution is -2.27. The van der Waals surface area contributed by atoms with Crippen molar-refractivity contribution in [2.24, 2.45) is 0 Å². The number of hydrogen-bond acceptors (Lipinski definition) is 4. The molecule has 4 nitrogen and oxygen atoms in total. The Bertz CT molecular complexity index is 866. The summed E-state index contributed by atoms with van der Waals surface area (Å²) in [6.45, 7) is 1.47. The zero-order valence-electron chi connectivity index (χ0n) is 13.4. The molecule has 0 bridgehead atoms. The van der Waals surface area contributed by atoms with Crippen LogP contribution in [0.3, 0.4) is 0 Å². The van der Waals surface area contributed by atoms with Crippen LogP contribution in [0.1, 0.15) is 5.69 Å². The summed E-state index contributed by atoms with van der Waals surface area (Å²) >= 11 is 0. The molecule has 0 unspecified atom stereocenters. The molecule has 3 aromatic rings. The zero-order chi connectivity index (χ0) is 16.5. The van der Waals surface area contributed by atoms with Crippen molar-refractivity contribution in [3.63, 3.8) is 0 Å². The molecule has 0 amide bonds. The SMILES string of the molecule is CN1CN(Cc2ccccn2)c2cc(-c3cccc(F)c3)cnc21. The van der Waals surface area contributed by atoms with E-state index in [1.54, 1.807) is 18.5 Å². The van der Waals surface area contributed by atoms with Crippen LogP contribution in [0.5, 0.6) is 0 Å². The first-order valence-electron chi connectivity index (χ1n) is 7.83. The van der Waals surface area contributed by atoms with E-state index in [9.17, 15) is 4.39 Å². The molecule has 4 rings (SSSR count). The van der Waals surface area contributed by atoms with Gasteiger partial charge in [0.1, 0.15) is 5.82 Å². The lowest BCUT2D eigenvalue weighted by atomic mass is 10.1. The fourth-order valence-electron chi connectivity index (χ4n) is 3.02. The van der Waals surface area contributed by atoms with Gasteiger partial charge in [-0.25, -0.2) is 9.37 Å². The molecule has 0 radical (unpaired) electrons. The summed E-state index contributed by atoms with van der Waals surface area (Å²) in [4.78, 5) is 13.3. The van der Waals surface area contributed by atoms with Gasteiger partial charge in [0.25, 0.3) is 0 Å². The molecule has 0 spiro atoms. The summed E-state index contributed by atoms with van der Waals surface area (Å²) < 4.78 is 13.5. The second kappa shape index (κ2) is 5.92. The monoisotopic (exact) mass is 320 g/mol. The minimum Gasteiger partial charge on any atom is -0.345 e. The highest BCUT2D eigenvalue weighted by Gasteiger charge is 2.25. The van der Waals surface area contributed by atoms with E-state index in [-0.39, 0.29) is 5.82 Å². The number of halogens is 1. The minimum atomic E-state index is -0.240. The molecule has 0 fully saturated rings. The van der Waals surface area contributed by atoms with Gasteiger partial charge in [0.2, 0.25) is 0 Å². The van der Waals surface area contributed by atoms with Gasteiger partial charge in [-0.1, -0.05) is 18.2 Å². The van der Waals surface area contributed by atoms with Crippen LogP contribution in [0.15, 0.2) is 60.9 Å². The van der Waals surface area contributed by atoms with E-state index >= 15 is 0 Å². The third-order valence-electron chi connectivity index (χ3n) is 4.17. The third kappa shape index (κ3) is 2.69. The Kier molecular flexibility index (Phi) is 3.61. The maximum atomic E-state index is 13.5.